The van der Waals surface area contributed by atoms with Crippen molar-refractivity contribution in [3.8, 4) is 16.9 Å². The molecule has 0 fully saturated rings. The molecule has 0 saturated carbocycles. The van der Waals surface area contributed by atoms with Crippen LogP contribution in [0.1, 0.15) is 43.1 Å². The Balaban J connectivity index is 1.59. The third-order valence-corrected chi connectivity index (χ3v) is 8.50. The minimum Gasteiger partial charge on any atom is -0.510 e. The molecule has 226 valence electrons. The molecule has 0 spiro atoms. The van der Waals surface area contributed by atoms with Gasteiger partial charge in [-0.05, 0) is 88.5 Å². The normalized spacial score (nSPS) is 25.6. The molecule has 0 heterocycles. The minimum atomic E-state index is -2.67. The topological polar surface area (TPSA) is 186 Å². The number of phenolic OH excluding ortho intramolecular Hbond substituents is 1. The van der Waals surface area contributed by atoms with Crippen molar-refractivity contribution in [1.82, 2.24) is 10.2 Å². The van der Waals surface area contributed by atoms with Crippen molar-refractivity contribution in [2.45, 2.75) is 50.8 Å². The number of nitrogens with two attached hydrogens (primary N) is 1. The molecule has 0 aliphatic heterocycles. The molecule has 3 aliphatic carbocycles. The molecule has 0 aromatic heterocycles. The summed E-state index contributed by atoms with van der Waals surface area (Å²) in [6, 6.07) is 9.45. The SMILES string of the molecule is CN(C)[C@H]1C(O)=C(C(N)=O)C(=O)[C@@]2(O)C(O)=C3C(=O)c4c(O)ccc(-c5ccc(/N=C\NC(C)(C)C)cc5)c4C[C@H]3C[C@@H]12. The number of aromatic hydroxyl groups is 1. The van der Waals surface area contributed by atoms with Gasteiger partial charge in [-0.25, -0.2) is 4.99 Å². The third-order valence-electron chi connectivity index (χ3n) is 8.50. The standard InChI is InChI=1S/C32H36N4O7/c1-31(2,3)35-14-34-17-8-6-15(7-9-17)18-10-11-21(37)23-19(18)12-16-13-20-25(36(4)5)27(39)24(30(33)42)29(41)32(20,43)28(40)22(16)26(23)38/h6-11,14,16,20,25,37,39-40,43H,12-13H2,1-5H3,(H2,33,42)(H,34,35)/t16-,20-,25+,32-/m0/s1. The molecule has 2 aromatic rings. The number of aliphatic hydroxyl groups excluding tert-OH is 2. The third kappa shape index (κ3) is 4.78. The monoisotopic (exact) mass is 588 g/mol. The van der Waals surface area contributed by atoms with Crippen molar-refractivity contribution < 1.29 is 34.8 Å². The number of Topliss-reactive ketones (excluding diaryl/α,β-unsaturated/α-hetero) is 2. The number of aliphatic hydroxyl groups is 3. The largest absolute Gasteiger partial charge is 0.510 e. The zero-order valence-electron chi connectivity index (χ0n) is 24.7. The van der Waals surface area contributed by atoms with Gasteiger partial charge < -0.3 is 31.5 Å². The molecule has 7 N–H and O–H groups in total. The summed E-state index contributed by atoms with van der Waals surface area (Å²) < 4.78 is 0. The fraction of sp³-hybridized carbons (Fsp3) is 0.375. The first-order valence-electron chi connectivity index (χ1n) is 14.0. The number of likely N-dealkylation sites (N-methyl/N-ethyl adjacent to an activating group) is 1. The van der Waals surface area contributed by atoms with Gasteiger partial charge in [0.25, 0.3) is 5.91 Å². The number of rotatable bonds is 5. The maximum absolute atomic E-state index is 13.9. The highest BCUT2D eigenvalue weighted by atomic mass is 16.3. The Labute approximate surface area is 249 Å². The fourth-order valence-electron chi connectivity index (χ4n) is 6.55. The van der Waals surface area contributed by atoms with Crippen LogP contribution in [-0.2, 0) is 16.0 Å². The van der Waals surface area contributed by atoms with Crippen molar-refractivity contribution in [1.29, 1.82) is 0 Å². The van der Waals surface area contributed by atoms with Crippen LogP contribution in [0.2, 0.25) is 0 Å². The predicted octanol–water partition coefficient (Wildman–Crippen LogP) is 2.84. The summed E-state index contributed by atoms with van der Waals surface area (Å²) in [5.41, 5.74) is 4.28. The first kappa shape index (κ1) is 30.0. The van der Waals surface area contributed by atoms with Crippen LogP contribution in [0.5, 0.6) is 5.75 Å². The van der Waals surface area contributed by atoms with Gasteiger partial charge >= 0.3 is 0 Å². The number of carbonyl (C=O) groups excluding carboxylic acids is 3. The predicted molar refractivity (Wildman–Crippen MR) is 160 cm³/mol. The van der Waals surface area contributed by atoms with Crippen LogP contribution < -0.4 is 11.1 Å². The van der Waals surface area contributed by atoms with Crippen LogP contribution in [0.3, 0.4) is 0 Å². The van der Waals surface area contributed by atoms with E-state index in [2.05, 4.69) is 10.3 Å². The Morgan fingerprint density at radius 2 is 1.74 bits per heavy atom. The number of ketones is 2. The lowest BCUT2D eigenvalue weighted by Crippen LogP contribution is -2.63. The van der Waals surface area contributed by atoms with E-state index in [0.29, 0.717) is 16.8 Å². The number of nitrogens with one attached hydrogen (secondary N) is 1. The van der Waals surface area contributed by atoms with E-state index in [9.17, 15) is 34.8 Å². The molecular formula is C32H36N4O7. The van der Waals surface area contributed by atoms with Crippen molar-refractivity contribution in [2.75, 3.05) is 14.1 Å². The quantitative estimate of drug-likeness (QED) is 0.174. The second-order valence-corrected chi connectivity index (χ2v) is 12.6. The molecule has 2 aromatic carbocycles. The lowest BCUT2D eigenvalue weighted by Gasteiger charge is -2.50. The molecular weight excluding hydrogens is 552 g/mol. The van der Waals surface area contributed by atoms with Crippen LogP contribution in [0.4, 0.5) is 5.69 Å². The minimum absolute atomic E-state index is 0.0231. The van der Waals surface area contributed by atoms with Gasteiger partial charge in [0.05, 0.1) is 23.6 Å². The molecule has 5 rings (SSSR count). The van der Waals surface area contributed by atoms with Gasteiger partial charge in [0, 0.05) is 17.0 Å². The van der Waals surface area contributed by atoms with Crippen molar-refractivity contribution in [2.24, 2.45) is 22.6 Å². The summed E-state index contributed by atoms with van der Waals surface area (Å²) in [6.45, 7) is 6.07. The zero-order chi connectivity index (χ0) is 31.6. The highest BCUT2D eigenvalue weighted by molar-refractivity contribution is 6.24. The number of primary amides is 1. The van der Waals surface area contributed by atoms with E-state index in [4.69, 9.17) is 5.73 Å². The maximum Gasteiger partial charge on any atom is 0.255 e. The summed E-state index contributed by atoms with van der Waals surface area (Å²) in [5, 5.41) is 48.1. The lowest BCUT2D eigenvalue weighted by atomic mass is 9.58. The molecule has 3 aliphatic rings. The Hall–Kier alpha value is -4.48. The second kappa shape index (κ2) is 10.4. The zero-order valence-corrected chi connectivity index (χ0v) is 24.7. The fourth-order valence-corrected chi connectivity index (χ4v) is 6.55. The average Bonchev–Trinajstić information content (AvgIpc) is 2.90. The highest BCUT2D eigenvalue weighted by Crippen LogP contribution is 2.53. The number of benzene rings is 2. The summed E-state index contributed by atoms with van der Waals surface area (Å²) >= 11 is 0. The Morgan fingerprint density at radius 1 is 1.09 bits per heavy atom. The number of nitrogens with zero attached hydrogens (tertiary/aromatic N) is 2. The summed E-state index contributed by atoms with van der Waals surface area (Å²) in [7, 11) is 3.19. The van der Waals surface area contributed by atoms with Gasteiger partial charge in [0.2, 0.25) is 5.78 Å². The smallest absolute Gasteiger partial charge is 0.255 e. The molecule has 0 radical (unpaired) electrons. The summed E-state index contributed by atoms with van der Waals surface area (Å²) in [6.07, 6.45) is 1.86. The first-order valence-corrected chi connectivity index (χ1v) is 14.0. The number of aliphatic imine (C=N–C) groups is 1. The van der Waals surface area contributed by atoms with E-state index >= 15 is 0 Å². The lowest BCUT2D eigenvalue weighted by molar-refractivity contribution is -0.148. The number of phenols is 1. The van der Waals surface area contributed by atoms with E-state index in [1.54, 1.807) is 26.5 Å². The Morgan fingerprint density at radius 3 is 2.33 bits per heavy atom. The van der Waals surface area contributed by atoms with Gasteiger partial charge in [-0.1, -0.05) is 18.2 Å². The van der Waals surface area contributed by atoms with Gasteiger partial charge in [-0.15, -0.1) is 0 Å². The maximum atomic E-state index is 13.9. The van der Waals surface area contributed by atoms with Gasteiger partial charge in [0.1, 0.15) is 22.8 Å². The van der Waals surface area contributed by atoms with E-state index in [1.165, 1.54) is 11.0 Å². The molecule has 1 amide bonds. The van der Waals surface area contributed by atoms with Crippen molar-refractivity contribution >= 4 is 29.5 Å². The van der Waals surface area contributed by atoms with E-state index in [1.807, 2.05) is 45.0 Å². The number of allylic oxidation sites excluding steroid dienone is 1. The van der Waals surface area contributed by atoms with Gasteiger partial charge in [-0.2, -0.15) is 0 Å². The van der Waals surface area contributed by atoms with Crippen molar-refractivity contribution in [3.05, 3.63) is 70.2 Å². The number of hydrogen-bond donors (Lipinski definition) is 6. The summed E-state index contributed by atoms with van der Waals surface area (Å²) in [5.74, 6) is -6.78. The van der Waals surface area contributed by atoms with E-state index in [-0.39, 0.29) is 35.3 Å². The average molecular weight is 589 g/mol. The molecule has 11 nitrogen and oxygen atoms in total. The molecule has 0 unspecified atom stereocenters. The van der Waals surface area contributed by atoms with Crippen LogP contribution in [0.15, 0.2) is 64.1 Å². The van der Waals surface area contributed by atoms with Crippen molar-refractivity contribution in [3.63, 3.8) is 0 Å². The van der Waals surface area contributed by atoms with Crippen LogP contribution in [-0.4, -0.2) is 80.4 Å². The number of hydrogen-bond acceptors (Lipinski definition) is 9. The molecule has 4 atom stereocenters. The second-order valence-electron chi connectivity index (χ2n) is 12.6. The van der Waals surface area contributed by atoms with Crippen LogP contribution in [0.25, 0.3) is 11.1 Å². The van der Waals surface area contributed by atoms with E-state index in [0.717, 1.165) is 5.56 Å². The summed E-state index contributed by atoms with van der Waals surface area (Å²) in [4.78, 5) is 45.5. The number of fused-ring (bicyclic) bond motifs is 3. The van der Waals surface area contributed by atoms with Gasteiger partial charge in [0.15, 0.2) is 11.4 Å². The van der Waals surface area contributed by atoms with Crippen LogP contribution in [0, 0.1) is 11.8 Å². The van der Waals surface area contributed by atoms with Gasteiger partial charge in [-0.3, -0.25) is 19.3 Å². The number of amides is 1. The Kier molecular flexibility index (Phi) is 7.22. The van der Waals surface area contributed by atoms with Crippen LogP contribution >= 0.6 is 0 Å². The number of carbonyl (C=O) groups is 3. The highest BCUT2D eigenvalue weighted by Gasteiger charge is 2.63. The Bertz CT molecular complexity index is 1630. The van der Waals surface area contributed by atoms with E-state index < -0.39 is 58.0 Å². The molecule has 43 heavy (non-hydrogen) atoms. The molecule has 0 bridgehead atoms. The molecule has 11 heteroatoms. The molecule has 0 saturated heterocycles. The first-order chi connectivity index (χ1) is 20.1.